The predicted molar refractivity (Wildman–Crippen MR) is 217 cm³/mol. The molecule has 0 spiro atoms. The van der Waals surface area contributed by atoms with Crippen molar-refractivity contribution in [3.05, 3.63) is 36.5 Å². The van der Waals surface area contributed by atoms with Crippen LogP contribution in [0.15, 0.2) is 36.5 Å². The van der Waals surface area contributed by atoms with Crippen LogP contribution < -0.4 is 5.73 Å². The van der Waals surface area contributed by atoms with Crippen LogP contribution in [0.25, 0.3) is 0 Å². The van der Waals surface area contributed by atoms with Gasteiger partial charge in [-0.3, -0.25) is 23.4 Å². The SMILES string of the molecule is CCCCCC=CCC=CCCCCCCCC(=O)OCC(COP(=O)(O)OCC(N)C(=O)O)OC(=O)CCCCCCCC=CCCCCCCCC. The zero-order valence-corrected chi connectivity index (χ0v) is 34.7. The van der Waals surface area contributed by atoms with E-state index in [1.165, 1.54) is 57.8 Å². The standard InChI is InChI=1S/C42H76NO10P/c1-3-5-7-9-11-13-15-17-19-21-23-25-27-29-31-33-40(44)50-35-38(36-51-54(48,49)52-37-39(43)42(46)47)53-41(45)34-32-30-28-26-24-22-20-18-16-14-12-10-8-6-4-2/h11,13,17-20,38-39H,3-10,12,14-16,21-37,43H2,1-2H3,(H,46,47)(H,48,49). The summed E-state index contributed by atoms with van der Waals surface area (Å²) in [4.78, 5) is 45.9. The van der Waals surface area contributed by atoms with Crippen molar-refractivity contribution in [1.82, 2.24) is 0 Å². The van der Waals surface area contributed by atoms with Crippen LogP contribution in [0.1, 0.15) is 181 Å². The lowest BCUT2D eigenvalue weighted by molar-refractivity contribution is -0.161. The number of phosphoric acid groups is 1. The molecule has 0 saturated heterocycles. The molecular weight excluding hydrogens is 709 g/mol. The summed E-state index contributed by atoms with van der Waals surface area (Å²) in [6.45, 7) is 2.74. The molecule has 0 saturated carbocycles. The number of carboxylic acids is 1. The average molecular weight is 786 g/mol. The van der Waals surface area contributed by atoms with Gasteiger partial charge in [-0.15, -0.1) is 0 Å². The van der Waals surface area contributed by atoms with Gasteiger partial charge in [0.2, 0.25) is 0 Å². The molecule has 0 bridgehead atoms. The summed E-state index contributed by atoms with van der Waals surface area (Å²) in [5, 5.41) is 8.88. The van der Waals surface area contributed by atoms with Gasteiger partial charge in [0.05, 0.1) is 13.2 Å². The zero-order chi connectivity index (χ0) is 40.0. The van der Waals surface area contributed by atoms with Crippen molar-refractivity contribution in [2.24, 2.45) is 5.73 Å². The number of nitrogens with two attached hydrogens (primary N) is 1. The summed E-state index contributed by atoms with van der Waals surface area (Å²) in [5.41, 5.74) is 5.32. The first kappa shape index (κ1) is 51.7. The van der Waals surface area contributed by atoms with Crippen molar-refractivity contribution in [2.45, 2.75) is 193 Å². The maximum atomic E-state index is 12.6. The molecular formula is C42H76NO10P. The number of hydrogen-bond donors (Lipinski definition) is 3. The number of phosphoric ester groups is 1. The Bertz CT molecular complexity index is 1060. The van der Waals surface area contributed by atoms with E-state index in [2.05, 4.69) is 54.8 Å². The van der Waals surface area contributed by atoms with Crippen molar-refractivity contribution >= 4 is 25.7 Å². The number of ether oxygens (including phenoxy) is 2. The van der Waals surface area contributed by atoms with Gasteiger partial charge in [-0.2, -0.15) is 0 Å². The Morgan fingerprint density at radius 2 is 0.981 bits per heavy atom. The van der Waals surface area contributed by atoms with Crippen molar-refractivity contribution < 1.29 is 47.5 Å². The molecule has 0 rings (SSSR count). The molecule has 0 aliphatic rings. The van der Waals surface area contributed by atoms with E-state index in [-0.39, 0.29) is 19.4 Å². The molecule has 0 heterocycles. The van der Waals surface area contributed by atoms with E-state index < -0.39 is 51.1 Å². The van der Waals surface area contributed by atoms with Crippen molar-refractivity contribution in [3.63, 3.8) is 0 Å². The molecule has 0 amide bonds. The van der Waals surface area contributed by atoms with Gasteiger partial charge in [-0.1, -0.05) is 134 Å². The van der Waals surface area contributed by atoms with Gasteiger partial charge in [0.25, 0.3) is 0 Å². The predicted octanol–water partition coefficient (Wildman–Crippen LogP) is 10.8. The average Bonchev–Trinajstić information content (AvgIpc) is 3.14. The second-order valence-corrected chi connectivity index (χ2v) is 15.6. The number of rotatable bonds is 39. The monoisotopic (exact) mass is 786 g/mol. The lowest BCUT2D eigenvalue weighted by Crippen LogP contribution is -2.34. The molecule has 54 heavy (non-hydrogen) atoms. The molecule has 0 fully saturated rings. The lowest BCUT2D eigenvalue weighted by Gasteiger charge is -2.20. The topological polar surface area (TPSA) is 172 Å². The van der Waals surface area contributed by atoms with Gasteiger partial charge in [0.1, 0.15) is 12.6 Å². The highest BCUT2D eigenvalue weighted by Crippen LogP contribution is 2.43. The minimum atomic E-state index is -4.72. The van der Waals surface area contributed by atoms with Crippen LogP contribution in [0.4, 0.5) is 0 Å². The van der Waals surface area contributed by atoms with Gasteiger partial charge in [-0.05, 0) is 70.6 Å². The number of carboxylic acid groups (broad SMARTS) is 1. The number of carbonyl (C=O) groups is 3. The summed E-state index contributed by atoms with van der Waals surface area (Å²) in [7, 11) is -4.72. The van der Waals surface area contributed by atoms with Gasteiger partial charge >= 0.3 is 25.7 Å². The molecule has 0 aliphatic heterocycles. The third-order valence-electron chi connectivity index (χ3n) is 8.86. The number of carbonyl (C=O) groups excluding carboxylic acids is 2. The van der Waals surface area contributed by atoms with Gasteiger partial charge < -0.3 is 25.2 Å². The number of unbranched alkanes of at least 4 members (excludes halogenated alkanes) is 19. The first-order valence-corrected chi connectivity index (χ1v) is 22.5. The van der Waals surface area contributed by atoms with Crippen molar-refractivity contribution in [1.29, 1.82) is 0 Å². The van der Waals surface area contributed by atoms with Crippen LogP contribution in [0.5, 0.6) is 0 Å². The molecule has 0 aromatic carbocycles. The Labute approximate surface area is 327 Å². The summed E-state index contributed by atoms with van der Waals surface area (Å²) < 4.78 is 32.6. The first-order valence-electron chi connectivity index (χ1n) is 21.0. The Balaban J connectivity index is 4.42. The van der Waals surface area contributed by atoms with Crippen LogP contribution in [0.2, 0.25) is 0 Å². The van der Waals surface area contributed by atoms with Crippen LogP contribution >= 0.6 is 7.82 Å². The minimum absolute atomic E-state index is 0.148. The highest BCUT2D eigenvalue weighted by Gasteiger charge is 2.28. The zero-order valence-electron chi connectivity index (χ0n) is 33.8. The quantitative estimate of drug-likeness (QED) is 0.0234. The van der Waals surface area contributed by atoms with E-state index in [9.17, 15) is 23.8 Å². The van der Waals surface area contributed by atoms with Crippen LogP contribution in [0.3, 0.4) is 0 Å². The van der Waals surface area contributed by atoms with Crippen LogP contribution in [-0.2, 0) is 37.5 Å². The fourth-order valence-electron chi connectivity index (χ4n) is 5.50. The number of hydrogen-bond acceptors (Lipinski definition) is 9. The molecule has 4 N–H and O–H groups in total. The second-order valence-electron chi connectivity index (χ2n) is 14.1. The summed E-state index contributed by atoms with van der Waals surface area (Å²) >= 11 is 0. The van der Waals surface area contributed by atoms with E-state index in [0.717, 1.165) is 83.5 Å². The third kappa shape index (κ3) is 36.7. The number of aliphatic carboxylic acids is 1. The number of esters is 2. The molecule has 0 aromatic rings. The van der Waals surface area contributed by atoms with E-state index in [0.29, 0.717) is 12.8 Å². The normalized spacial score (nSPS) is 14.1. The van der Waals surface area contributed by atoms with Gasteiger partial charge in [0, 0.05) is 12.8 Å². The van der Waals surface area contributed by atoms with E-state index in [1.54, 1.807) is 0 Å². The largest absolute Gasteiger partial charge is 0.480 e. The molecule has 12 heteroatoms. The molecule has 3 atom stereocenters. The van der Waals surface area contributed by atoms with E-state index >= 15 is 0 Å². The Morgan fingerprint density at radius 1 is 0.574 bits per heavy atom. The van der Waals surface area contributed by atoms with Gasteiger partial charge in [-0.25, -0.2) is 4.57 Å². The van der Waals surface area contributed by atoms with Crippen LogP contribution in [0, 0.1) is 0 Å². The fourth-order valence-corrected chi connectivity index (χ4v) is 6.28. The van der Waals surface area contributed by atoms with Crippen molar-refractivity contribution in [3.8, 4) is 0 Å². The molecule has 314 valence electrons. The summed E-state index contributed by atoms with van der Waals surface area (Å²) in [6.07, 6.45) is 39.2. The molecule has 11 nitrogen and oxygen atoms in total. The lowest BCUT2D eigenvalue weighted by atomic mass is 10.1. The summed E-state index contributed by atoms with van der Waals surface area (Å²) in [6, 6.07) is -1.52. The Hall–Kier alpha value is -2.30. The molecule has 0 radical (unpaired) electrons. The smallest absolute Gasteiger partial charge is 0.472 e. The Morgan fingerprint density at radius 3 is 1.50 bits per heavy atom. The molecule has 0 aliphatic carbocycles. The van der Waals surface area contributed by atoms with Crippen molar-refractivity contribution in [2.75, 3.05) is 19.8 Å². The van der Waals surface area contributed by atoms with Gasteiger partial charge in [0.15, 0.2) is 6.10 Å². The Kier molecular flexibility index (Phi) is 36.0. The number of allylic oxidation sites excluding steroid dienone is 6. The minimum Gasteiger partial charge on any atom is -0.480 e. The molecule has 0 aromatic heterocycles. The van der Waals surface area contributed by atoms with Crippen LogP contribution in [-0.4, -0.2) is 59.9 Å². The highest BCUT2D eigenvalue weighted by atomic mass is 31.2. The second kappa shape index (κ2) is 37.6. The molecule has 3 unspecified atom stereocenters. The maximum Gasteiger partial charge on any atom is 0.472 e. The van der Waals surface area contributed by atoms with E-state index in [4.69, 9.17) is 24.8 Å². The first-order chi connectivity index (χ1) is 26.1. The van der Waals surface area contributed by atoms with E-state index in [1.807, 2.05) is 0 Å². The third-order valence-corrected chi connectivity index (χ3v) is 9.81. The summed E-state index contributed by atoms with van der Waals surface area (Å²) in [5.74, 6) is -2.41. The maximum absolute atomic E-state index is 12.6. The fraction of sp³-hybridized carbons (Fsp3) is 0.786. The highest BCUT2D eigenvalue weighted by molar-refractivity contribution is 7.47.